The van der Waals surface area contributed by atoms with Crippen LogP contribution in [0.15, 0.2) is 49.1 Å². The molecule has 0 unspecified atom stereocenters. The number of benzene rings is 2. The minimum absolute atomic E-state index is 0.0877. The van der Waals surface area contributed by atoms with Crippen LogP contribution in [0.5, 0.6) is 0 Å². The lowest BCUT2D eigenvalue weighted by molar-refractivity contribution is -0.119. The number of fused-ring (bicyclic) bond motifs is 1. The van der Waals surface area contributed by atoms with Crippen LogP contribution in [-0.2, 0) is 9.53 Å². The number of aryl methyl sites for hydroxylation is 2. The van der Waals surface area contributed by atoms with Crippen LogP contribution in [0.2, 0.25) is 0 Å². The highest BCUT2D eigenvalue weighted by molar-refractivity contribution is 6.22. The molecule has 1 N–H and O–H groups in total. The maximum absolute atomic E-state index is 12.3. The smallest absolute Gasteiger partial charge is 0.338 e. The second kappa shape index (κ2) is 8.10. The van der Waals surface area contributed by atoms with Gasteiger partial charge in [0.25, 0.3) is 17.7 Å². The van der Waals surface area contributed by atoms with Gasteiger partial charge in [0.15, 0.2) is 6.61 Å². The van der Waals surface area contributed by atoms with Gasteiger partial charge in [-0.05, 0) is 43.7 Å². The summed E-state index contributed by atoms with van der Waals surface area (Å²) in [5.41, 5.74) is 3.05. The third-order valence-electron chi connectivity index (χ3n) is 4.51. The Labute approximate surface area is 168 Å². The summed E-state index contributed by atoms with van der Waals surface area (Å²) in [5.74, 6) is -2.16. The molecular formula is C22H20N2O5. The molecular weight excluding hydrogens is 372 g/mol. The summed E-state index contributed by atoms with van der Waals surface area (Å²) in [4.78, 5) is 49.9. The van der Waals surface area contributed by atoms with E-state index in [2.05, 4.69) is 11.9 Å². The zero-order valence-electron chi connectivity index (χ0n) is 16.2. The number of ether oxygens (including phenoxy) is 1. The van der Waals surface area contributed by atoms with Crippen molar-refractivity contribution in [2.45, 2.75) is 13.8 Å². The van der Waals surface area contributed by atoms with Crippen molar-refractivity contribution in [3.05, 3.63) is 76.9 Å². The molecule has 0 atom stereocenters. The SMILES string of the molecule is C=CCN1C(=O)c2ccc(C(=O)OCC(=O)Nc3ccc(C)cc3C)cc2C1=O. The standard InChI is InChI=1S/C22H20N2O5/c1-4-9-24-20(26)16-7-6-15(11-17(16)21(24)27)22(28)29-12-19(25)23-18-8-5-13(2)10-14(18)3/h4-8,10-11H,1,9,12H2,2-3H3,(H,23,25). The van der Waals surface area contributed by atoms with Crippen LogP contribution in [-0.4, -0.2) is 41.7 Å². The third-order valence-corrected chi connectivity index (χ3v) is 4.51. The summed E-state index contributed by atoms with van der Waals surface area (Å²) in [6.07, 6.45) is 1.45. The summed E-state index contributed by atoms with van der Waals surface area (Å²) >= 11 is 0. The highest BCUT2D eigenvalue weighted by Crippen LogP contribution is 2.24. The number of rotatable bonds is 6. The van der Waals surface area contributed by atoms with Gasteiger partial charge in [0, 0.05) is 12.2 Å². The molecule has 1 aliphatic heterocycles. The molecule has 1 aliphatic rings. The van der Waals surface area contributed by atoms with Gasteiger partial charge < -0.3 is 10.1 Å². The summed E-state index contributed by atoms with van der Waals surface area (Å²) in [6.45, 7) is 6.96. The molecule has 3 amide bonds. The van der Waals surface area contributed by atoms with Gasteiger partial charge in [-0.2, -0.15) is 0 Å². The molecule has 0 radical (unpaired) electrons. The second-order valence-corrected chi connectivity index (χ2v) is 6.71. The van der Waals surface area contributed by atoms with Crippen molar-refractivity contribution in [2.24, 2.45) is 0 Å². The molecule has 3 rings (SSSR count). The van der Waals surface area contributed by atoms with E-state index >= 15 is 0 Å². The van der Waals surface area contributed by atoms with Crippen molar-refractivity contribution >= 4 is 29.4 Å². The minimum atomic E-state index is -0.758. The predicted molar refractivity (Wildman–Crippen MR) is 107 cm³/mol. The van der Waals surface area contributed by atoms with Gasteiger partial charge in [-0.15, -0.1) is 6.58 Å². The van der Waals surface area contributed by atoms with Gasteiger partial charge in [0.2, 0.25) is 0 Å². The lowest BCUT2D eigenvalue weighted by Gasteiger charge is -2.10. The molecule has 0 bridgehead atoms. The fourth-order valence-electron chi connectivity index (χ4n) is 3.07. The van der Waals surface area contributed by atoms with E-state index < -0.39 is 30.3 Å². The van der Waals surface area contributed by atoms with Crippen LogP contribution >= 0.6 is 0 Å². The maximum Gasteiger partial charge on any atom is 0.338 e. The molecule has 1 heterocycles. The van der Waals surface area contributed by atoms with Crippen LogP contribution < -0.4 is 5.32 Å². The van der Waals surface area contributed by atoms with Crippen LogP contribution in [0, 0.1) is 13.8 Å². The summed E-state index contributed by atoms with van der Waals surface area (Å²) < 4.78 is 5.04. The van der Waals surface area contributed by atoms with Crippen LogP contribution in [0.4, 0.5) is 5.69 Å². The topological polar surface area (TPSA) is 92.8 Å². The zero-order valence-corrected chi connectivity index (χ0v) is 16.2. The molecule has 7 nitrogen and oxygen atoms in total. The Morgan fingerprint density at radius 2 is 1.79 bits per heavy atom. The number of nitrogens with zero attached hydrogens (tertiary/aromatic N) is 1. The van der Waals surface area contributed by atoms with Crippen molar-refractivity contribution in [2.75, 3.05) is 18.5 Å². The monoisotopic (exact) mass is 392 g/mol. The number of carbonyl (C=O) groups is 4. The van der Waals surface area contributed by atoms with E-state index in [1.54, 1.807) is 6.07 Å². The first-order chi connectivity index (χ1) is 13.8. The number of esters is 1. The van der Waals surface area contributed by atoms with Gasteiger partial charge in [-0.3, -0.25) is 19.3 Å². The number of carbonyl (C=O) groups excluding carboxylic acids is 4. The maximum atomic E-state index is 12.3. The van der Waals surface area contributed by atoms with E-state index in [-0.39, 0.29) is 23.2 Å². The fourth-order valence-corrected chi connectivity index (χ4v) is 3.07. The zero-order chi connectivity index (χ0) is 21.1. The highest BCUT2D eigenvalue weighted by atomic mass is 16.5. The van der Waals surface area contributed by atoms with Crippen molar-refractivity contribution in [3.63, 3.8) is 0 Å². The lowest BCUT2D eigenvalue weighted by Crippen LogP contribution is -2.29. The number of amides is 3. The molecule has 0 saturated heterocycles. The summed E-state index contributed by atoms with van der Waals surface area (Å²) in [6, 6.07) is 9.69. The van der Waals surface area contributed by atoms with Crippen LogP contribution in [0.1, 0.15) is 42.2 Å². The molecule has 7 heteroatoms. The van der Waals surface area contributed by atoms with Gasteiger partial charge in [0.05, 0.1) is 16.7 Å². The van der Waals surface area contributed by atoms with E-state index in [1.807, 2.05) is 26.0 Å². The first-order valence-corrected chi connectivity index (χ1v) is 8.97. The molecule has 0 aliphatic carbocycles. The van der Waals surface area contributed by atoms with Gasteiger partial charge >= 0.3 is 5.97 Å². The van der Waals surface area contributed by atoms with E-state index in [4.69, 9.17) is 4.74 Å². The number of imide groups is 1. The van der Waals surface area contributed by atoms with E-state index in [0.717, 1.165) is 16.0 Å². The van der Waals surface area contributed by atoms with Gasteiger partial charge in [-0.1, -0.05) is 23.8 Å². The predicted octanol–water partition coefficient (Wildman–Crippen LogP) is 2.88. The van der Waals surface area contributed by atoms with Crippen LogP contribution in [0.25, 0.3) is 0 Å². The Kier molecular flexibility index (Phi) is 5.59. The second-order valence-electron chi connectivity index (χ2n) is 6.71. The Balaban J connectivity index is 1.65. The Morgan fingerprint density at radius 3 is 2.48 bits per heavy atom. The summed E-state index contributed by atoms with van der Waals surface area (Å²) in [5, 5.41) is 2.69. The summed E-state index contributed by atoms with van der Waals surface area (Å²) in [7, 11) is 0. The average molecular weight is 392 g/mol. The Hall–Kier alpha value is -3.74. The minimum Gasteiger partial charge on any atom is -0.452 e. The Bertz CT molecular complexity index is 1040. The number of anilines is 1. The lowest BCUT2D eigenvalue weighted by atomic mass is 10.1. The first-order valence-electron chi connectivity index (χ1n) is 8.97. The van der Waals surface area contributed by atoms with E-state index in [0.29, 0.717) is 5.69 Å². The van der Waals surface area contributed by atoms with Gasteiger partial charge in [-0.25, -0.2) is 4.79 Å². The van der Waals surface area contributed by atoms with Crippen molar-refractivity contribution in [3.8, 4) is 0 Å². The quantitative estimate of drug-likeness (QED) is 0.464. The third kappa shape index (κ3) is 4.08. The molecule has 0 saturated carbocycles. The molecule has 148 valence electrons. The Morgan fingerprint density at radius 1 is 1.07 bits per heavy atom. The molecule has 2 aromatic carbocycles. The molecule has 29 heavy (non-hydrogen) atoms. The average Bonchev–Trinajstić information content (AvgIpc) is 2.93. The highest BCUT2D eigenvalue weighted by Gasteiger charge is 2.35. The van der Waals surface area contributed by atoms with Gasteiger partial charge in [0.1, 0.15) is 0 Å². The molecule has 0 spiro atoms. The van der Waals surface area contributed by atoms with Crippen LogP contribution in [0.3, 0.4) is 0 Å². The first kappa shape index (κ1) is 20.0. The number of nitrogens with one attached hydrogen (secondary N) is 1. The molecule has 0 fully saturated rings. The fraction of sp³-hybridized carbons (Fsp3) is 0.182. The largest absolute Gasteiger partial charge is 0.452 e. The van der Waals surface area contributed by atoms with Crippen molar-refractivity contribution in [1.82, 2.24) is 4.90 Å². The normalized spacial score (nSPS) is 12.6. The molecule has 0 aromatic heterocycles. The number of hydrogen-bond donors (Lipinski definition) is 1. The van der Waals surface area contributed by atoms with Crippen molar-refractivity contribution < 1.29 is 23.9 Å². The molecule has 2 aromatic rings. The van der Waals surface area contributed by atoms with E-state index in [9.17, 15) is 19.2 Å². The van der Waals surface area contributed by atoms with Crippen molar-refractivity contribution in [1.29, 1.82) is 0 Å². The van der Waals surface area contributed by atoms with E-state index in [1.165, 1.54) is 24.3 Å². The number of hydrogen-bond acceptors (Lipinski definition) is 5.